The molecule has 188 valence electrons. The molecule has 2 amide bonds. The first-order chi connectivity index (χ1) is 15.4. The summed E-state index contributed by atoms with van der Waals surface area (Å²) in [5.41, 5.74) is 0. The molecule has 1 saturated heterocycles. The number of nitrogens with one attached hydrogen (secondary N) is 2. The maximum atomic E-state index is 12.6. The van der Waals surface area contributed by atoms with Crippen LogP contribution in [0, 0.1) is 5.92 Å². The van der Waals surface area contributed by atoms with Crippen molar-refractivity contribution in [1.82, 2.24) is 10.6 Å². The van der Waals surface area contributed by atoms with Crippen LogP contribution in [0.5, 0.6) is 0 Å². The van der Waals surface area contributed by atoms with Crippen LogP contribution in [0.3, 0.4) is 0 Å². The molecule has 0 saturated carbocycles. The lowest BCUT2D eigenvalue weighted by Gasteiger charge is -2.23. The summed E-state index contributed by atoms with van der Waals surface area (Å²) in [7, 11) is 0. The number of hydrogen-bond donors (Lipinski definition) is 3. The third-order valence-corrected chi connectivity index (χ3v) is 6.26. The number of hydrogen-bond acceptors (Lipinski definition) is 4. The monoisotopic (exact) mass is 454 g/mol. The molecule has 6 heteroatoms. The molecule has 1 fully saturated rings. The molecular formula is C26H50N2O4. The summed E-state index contributed by atoms with van der Waals surface area (Å²) in [6.45, 7) is 6.76. The first-order valence-corrected chi connectivity index (χ1v) is 13.3. The number of aliphatic hydroxyl groups excluding tert-OH is 1. The second-order valence-electron chi connectivity index (χ2n) is 9.91. The second kappa shape index (κ2) is 18.3. The Hall–Kier alpha value is -1.14. The summed E-state index contributed by atoms with van der Waals surface area (Å²) in [6.07, 6.45) is 17.3. The van der Waals surface area contributed by atoms with Gasteiger partial charge in [0, 0.05) is 6.42 Å². The third kappa shape index (κ3) is 14.1. The predicted octanol–water partition coefficient (Wildman–Crippen LogP) is 5.22. The van der Waals surface area contributed by atoms with E-state index in [4.69, 9.17) is 4.74 Å². The van der Waals surface area contributed by atoms with E-state index in [1.807, 2.05) is 13.8 Å². The average molecular weight is 455 g/mol. The summed E-state index contributed by atoms with van der Waals surface area (Å²) in [4.78, 5) is 25.0. The van der Waals surface area contributed by atoms with Gasteiger partial charge in [-0.1, -0.05) is 97.8 Å². The smallest absolute Gasteiger partial charge is 0.242 e. The van der Waals surface area contributed by atoms with Crippen LogP contribution >= 0.6 is 0 Å². The van der Waals surface area contributed by atoms with E-state index < -0.39 is 18.4 Å². The molecule has 0 aromatic carbocycles. The zero-order valence-corrected chi connectivity index (χ0v) is 21.0. The lowest BCUT2D eigenvalue weighted by atomic mass is 10.0. The number of aliphatic hydroxyl groups is 1. The van der Waals surface area contributed by atoms with Crippen molar-refractivity contribution in [3.05, 3.63) is 0 Å². The highest BCUT2D eigenvalue weighted by Gasteiger charge is 2.30. The fourth-order valence-electron chi connectivity index (χ4n) is 4.27. The average Bonchev–Trinajstić information content (AvgIpc) is 3.15. The molecule has 0 spiro atoms. The van der Waals surface area contributed by atoms with E-state index in [-0.39, 0.29) is 17.7 Å². The van der Waals surface area contributed by atoms with Crippen molar-refractivity contribution in [3.63, 3.8) is 0 Å². The van der Waals surface area contributed by atoms with Crippen LogP contribution in [0.15, 0.2) is 0 Å². The van der Waals surface area contributed by atoms with Crippen molar-refractivity contribution in [2.75, 3.05) is 6.61 Å². The van der Waals surface area contributed by atoms with Gasteiger partial charge in [-0.3, -0.25) is 9.59 Å². The minimum absolute atomic E-state index is 0.0582. The maximum Gasteiger partial charge on any atom is 0.242 e. The molecular weight excluding hydrogens is 404 g/mol. The van der Waals surface area contributed by atoms with Gasteiger partial charge in [-0.15, -0.1) is 0 Å². The molecule has 0 bridgehead atoms. The van der Waals surface area contributed by atoms with Gasteiger partial charge in [-0.25, -0.2) is 0 Å². The molecule has 0 aromatic heterocycles. The molecule has 1 aliphatic rings. The van der Waals surface area contributed by atoms with Gasteiger partial charge in [0.25, 0.3) is 0 Å². The normalized spacial score (nSPS) is 19.3. The Labute approximate surface area is 196 Å². The van der Waals surface area contributed by atoms with Crippen LogP contribution < -0.4 is 10.6 Å². The highest BCUT2D eigenvalue weighted by atomic mass is 16.6. The topological polar surface area (TPSA) is 87.7 Å². The van der Waals surface area contributed by atoms with Crippen molar-refractivity contribution >= 4 is 11.8 Å². The van der Waals surface area contributed by atoms with Gasteiger partial charge in [0.1, 0.15) is 6.04 Å². The van der Waals surface area contributed by atoms with E-state index in [0.29, 0.717) is 25.9 Å². The molecule has 3 atom stereocenters. The number of amides is 2. The summed E-state index contributed by atoms with van der Waals surface area (Å²) < 4.78 is 5.09. The summed E-state index contributed by atoms with van der Waals surface area (Å²) in [5.74, 6) is -0.00352. The van der Waals surface area contributed by atoms with Gasteiger partial charge in [-0.2, -0.15) is 0 Å². The lowest BCUT2D eigenvalue weighted by Crippen LogP contribution is -2.51. The molecule has 1 heterocycles. The van der Waals surface area contributed by atoms with E-state index >= 15 is 0 Å². The molecule has 3 unspecified atom stereocenters. The molecule has 1 aliphatic heterocycles. The molecule has 0 aliphatic carbocycles. The van der Waals surface area contributed by atoms with Crippen LogP contribution in [0.25, 0.3) is 0 Å². The van der Waals surface area contributed by atoms with Gasteiger partial charge in [-0.05, 0) is 25.2 Å². The van der Waals surface area contributed by atoms with Crippen LogP contribution in [-0.2, 0) is 14.3 Å². The van der Waals surface area contributed by atoms with Crippen molar-refractivity contribution in [2.45, 2.75) is 142 Å². The van der Waals surface area contributed by atoms with E-state index in [1.54, 1.807) is 0 Å². The molecule has 3 N–H and O–H groups in total. The largest absolute Gasteiger partial charge is 0.366 e. The van der Waals surface area contributed by atoms with E-state index in [1.165, 1.54) is 70.6 Å². The van der Waals surface area contributed by atoms with Crippen LogP contribution in [-0.4, -0.2) is 41.9 Å². The first-order valence-electron chi connectivity index (χ1n) is 13.3. The molecule has 32 heavy (non-hydrogen) atoms. The van der Waals surface area contributed by atoms with Crippen molar-refractivity contribution in [3.8, 4) is 0 Å². The number of rotatable bonds is 19. The first kappa shape index (κ1) is 28.9. The Bertz CT molecular complexity index is 498. The molecule has 0 radical (unpaired) electrons. The van der Waals surface area contributed by atoms with Gasteiger partial charge < -0.3 is 20.5 Å². The fraction of sp³-hybridized carbons (Fsp3) is 0.923. The Morgan fingerprint density at radius 3 is 1.91 bits per heavy atom. The summed E-state index contributed by atoms with van der Waals surface area (Å²) in [6, 6.07) is -0.951. The Kier molecular flexibility index (Phi) is 16.5. The SMILES string of the molecule is CCCCCCCCCCCCCCCC(=O)NC(CC(C)C)C(=O)NC1CCOC1O. The van der Waals surface area contributed by atoms with Crippen LogP contribution in [0.4, 0.5) is 0 Å². The number of carbonyl (C=O) groups excluding carboxylic acids is 2. The Morgan fingerprint density at radius 2 is 1.44 bits per heavy atom. The highest BCUT2D eigenvalue weighted by Crippen LogP contribution is 2.14. The molecule has 1 rings (SSSR count). The summed E-state index contributed by atoms with van der Waals surface area (Å²) >= 11 is 0. The minimum atomic E-state index is -0.958. The number of carbonyl (C=O) groups is 2. The van der Waals surface area contributed by atoms with Gasteiger partial charge >= 0.3 is 0 Å². The van der Waals surface area contributed by atoms with E-state index in [2.05, 4.69) is 17.6 Å². The Morgan fingerprint density at radius 1 is 0.906 bits per heavy atom. The zero-order chi connectivity index (χ0) is 23.6. The zero-order valence-electron chi connectivity index (χ0n) is 21.0. The number of unbranched alkanes of at least 4 members (excludes halogenated alkanes) is 12. The van der Waals surface area contributed by atoms with Crippen molar-refractivity contribution in [1.29, 1.82) is 0 Å². The summed E-state index contributed by atoms with van der Waals surface area (Å²) in [5, 5.41) is 15.5. The van der Waals surface area contributed by atoms with E-state index in [9.17, 15) is 14.7 Å². The maximum absolute atomic E-state index is 12.6. The Balaban J connectivity index is 2.10. The fourth-order valence-corrected chi connectivity index (χ4v) is 4.27. The standard InChI is InChI=1S/C26H50N2O4/c1-4-5-6-7-8-9-10-11-12-13-14-15-16-17-24(29)27-23(20-21(2)3)25(30)28-22-18-19-32-26(22)31/h21-23,26,31H,4-20H2,1-3H3,(H,27,29)(H,28,30). The lowest BCUT2D eigenvalue weighted by molar-refractivity contribution is -0.131. The van der Waals surface area contributed by atoms with Crippen molar-refractivity contribution < 1.29 is 19.4 Å². The van der Waals surface area contributed by atoms with Gasteiger partial charge in [0.2, 0.25) is 11.8 Å². The van der Waals surface area contributed by atoms with Gasteiger partial charge in [0.05, 0.1) is 12.6 Å². The van der Waals surface area contributed by atoms with Crippen LogP contribution in [0.1, 0.15) is 124 Å². The van der Waals surface area contributed by atoms with Gasteiger partial charge in [0.15, 0.2) is 6.29 Å². The predicted molar refractivity (Wildman–Crippen MR) is 130 cm³/mol. The van der Waals surface area contributed by atoms with Crippen LogP contribution in [0.2, 0.25) is 0 Å². The highest BCUT2D eigenvalue weighted by molar-refractivity contribution is 5.87. The van der Waals surface area contributed by atoms with E-state index in [0.717, 1.165) is 12.8 Å². The quantitative estimate of drug-likeness (QED) is 0.233. The third-order valence-electron chi connectivity index (χ3n) is 6.26. The van der Waals surface area contributed by atoms with Crippen molar-refractivity contribution in [2.24, 2.45) is 5.92 Å². The molecule has 0 aromatic rings. The minimum Gasteiger partial charge on any atom is -0.366 e. The molecule has 6 nitrogen and oxygen atoms in total. The number of ether oxygens (including phenoxy) is 1. The second-order valence-corrected chi connectivity index (χ2v) is 9.91.